The van der Waals surface area contributed by atoms with E-state index in [1.807, 2.05) is 34.6 Å². The van der Waals surface area contributed by atoms with E-state index in [9.17, 15) is 14.9 Å². The van der Waals surface area contributed by atoms with Crippen LogP contribution in [0.3, 0.4) is 0 Å². The molecule has 1 aromatic carbocycles. The molecule has 1 saturated heterocycles. The molecule has 2 aromatic rings. The van der Waals surface area contributed by atoms with Gasteiger partial charge in [0.05, 0.1) is 16.2 Å². The average molecular weight is 460 g/mol. The summed E-state index contributed by atoms with van der Waals surface area (Å²) < 4.78 is 5.21. The molecule has 1 aliphatic heterocycles. The van der Waals surface area contributed by atoms with Crippen LogP contribution in [0, 0.1) is 15.5 Å². The Morgan fingerprint density at radius 3 is 2.00 bits per heavy atom. The molecule has 5 N–H and O–H groups in total. The van der Waals surface area contributed by atoms with E-state index in [1.165, 1.54) is 30.6 Å². The van der Waals surface area contributed by atoms with Crippen LogP contribution in [0.15, 0.2) is 30.6 Å². The highest BCUT2D eigenvalue weighted by atomic mass is 16.6. The molecule has 0 aliphatic carbocycles. The van der Waals surface area contributed by atoms with Crippen molar-refractivity contribution in [1.29, 1.82) is 5.41 Å². The van der Waals surface area contributed by atoms with Gasteiger partial charge in [-0.2, -0.15) is 0 Å². The molecule has 0 unspecified atom stereocenters. The zero-order valence-electron chi connectivity index (χ0n) is 19.8. The largest absolute Gasteiger partial charge is 0.444 e. The molecule has 1 aliphatic rings. The van der Waals surface area contributed by atoms with Crippen molar-refractivity contribution in [1.82, 2.24) is 14.9 Å². The van der Waals surface area contributed by atoms with E-state index in [1.54, 1.807) is 4.90 Å². The Morgan fingerprint density at radius 2 is 1.58 bits per heavy atom. The van der Waals surface area contributed by atoms with Crippen LogP contribution in [0.2, 0.25) is 0 Å². The van der Waals surface area contributed by atoms with E-state index in [2.05, 4.69) is 9.97 Å². The van der Waals surface area contributed by atoms with Crippen molar-refractivity contribution in [2.24, 2.45) is 0 Å². The number of likely N-dealkylation sites (tertiary alicyclic amines) is 1. The van der Waals surface area contributed by atoms with Crippen molar-refractivity contribution in [2.75, 3.05) is 24.6 Å². The predicted octanol–water partition coefficient (Wildman–Crippen LogP) is 4.01. The lowest BCUT2D eigenvalue weighted by Gasteiger charge is -2.23. The number of hydrogen-bond acceptors (Lipinski definition) is 9. The fourth-order valence-electron chi connectivity index (χ4n) is 2.79. The molecular weight excluding hydrogens is 426 g/mol. The van der Waals surface area contributed by atoms with Crippen LogP contribution in [0.5, 0.6) is 0 Å². The SMILES string of the molecule is CC.CC(C)(C)OC(=O)N1CCCC1.N=C(c1ccc([N+](=O)[O-])cc1)c1c(N)ncnc1N. The number of nitrogens with one attached hydrogen (secondary N) is 1. The summed E-state index contributed by atoms with van der Waals surface area (Å²) in [5, 5.41) is 18.6. The van der Waals surface area contributed by atoms with E-state index in [0.717, 1.165) is 25.9 Å². The summed E-state index contributed by atoms with van der Waals surface area (Å²) in [5.74, 6) is 0.187. The molecule has 33 heavy (non-hydrogen) atoms. The second kappa shape index (κ2) is 12.3. The molecule has 1 fully saturated rings. The molecule has 1 aromatic heterocycles. The van der Waals surface area contributed by atoms with Gasteiger partial charge in [-0.05, 0) is 45.7 Å². The first-order chi connectivity index (χ1) is 15.5. The van der Waals surface area contributed by atoms with Crippen LogP contribution in [0.25, 0.3) is 0 Å². The maximum absolute atomic E-state index is 11.4. The zero-order chi connectivity index (χ0) is 25.2. The van der Waals surface area contributed by atoms with Crippen molar-refractivity contribution in [3.8, 4) is 0 Å². The second-order valence-electron chi connectivity index (χ2n) is 7.87. The minimum atomic E-state index is -0.512. The summed E-state index contributed by atoms with van der Waals surface area (Å²) in [4.78, 5) is 30.7. The Hall–Kier alpha value is -3.76. The molecule has 11 heteroatoms. The Labute approximate surface area is 193 Å². The Bertz CT molecular complexity index is 930. The molecule has 180 valence electrons. The molecule has 3 rings (SSSR count). The highest BCUT2D eigenvalue weighted by Gasteiger charge is 2.24. The van der Waals surface area contributed by atoms with Crippen LogP contribution >= 0.6 is 0 Å². The van der Waals surface area contributed by atoms with Crippen LogP contribution < -0.4 is 11.5 Å². The highest BCUT2D eigenvalue weighted by Crippen LogP contribution is 2.20. The van der Waals surface area contributed by atoms with Gasteiger partial charge in [0.25, 0.3) is 5.69 Å². The average Bonchev–Trinajstić information content (AvgIpc) is 3.29. The number of aromatic nitrogens is 2. The molecule has 0 atom stereocenters. The minimum Gasteiger partial charge on any atom is -0.444 e. The monoisotopic (exact) mass is 459 g/mol. The third kappa shape index (κ3) is 8.36. The van der Waals surface area contributed by atoms with Crippen molar-refractivity contribution in [2.45, 2.75) is 53.1 Å². The summed E-state index contributed by atoms with van der Waals surface area (Å²) in [6.45, 7) is 11.4. The number of carbonyl (C=O) groups excluding carboxylic acids is 1. The first-order valence-electron chi connectivity index (χ1n) is 10.7. The predicted molar refractivity (Wildman–Crippen MR) is 128 cm³/mol. The molecule has 0 spiro atoms. The first kappa shape index (κ1) is 27.3. The number of ether oxygens (including phenoxy) is 1. The number of amides is 1. The summed E-state index contributed by atoms with van der Waals surface area (Å²) in [6.07, 6.45) is 3.26. The number of benzene rings is 1. The molecule has 1 amide bonds. The van der Waals surface area contributed by atoms with Crippen LogP contribution in [0.1, 0.15) is 58.6 Å². The van der Waals surface area contributed by atoms with Gasteiger partial charge in [-0.25, -0.2) is 14.8 Å². The maximum Gasteiger partial charge on any atom is 0.410 e. The van der Waals surface area contributed by atoms with Gasteiger partial charge in [0.15, 0.2) is 0 Å². The summed E-state index contributed by atoms with van der Waals surface area (Å²) in [5.41, 5.74) is 11.6. The number of nitrogen functional groups attached to an aromatic ring is 2. The Balaban J connectivity index is 0.000000335. The second-order valence-corrected chi connectivity index (χ2v) is 7.87. The fraction of sp³-hybridized carbons (Fsp3) is 0.455. The summed E-state index contributed by atoms with van der Waals surface area (Å²) >= 11 is 0. The zero-order valence-corrected chi connectivity index (χ0v) is 19.8. The standard InChI is InChI=1S/C11H10N6O2.C9H17NO2.C2H6/c12-9(8-10(13)15-5-16-11(8)14)6-1-3-7(4-2-6)17(18)19;1-9(2,3)12-8(11)10-6-4-5-7-10;1-2/h1-5,12H,(H4,13,14,15,16);4-7H2,1-3H3;1-2H3. The molecule has 11 nitrogen and oxygen atoms in total. The van der Waals surface area contributed by atoms with Crippen LogP contribution in [-0.2, 0) is 4.74 Å². The van der Waals surface area contributed by atoms with Crippen molar-refractivity contribution < 1.29 is 14.5 Å². The fourth-order valence-corrected chi connectivity index (χ4v) is 2.79. The third-order valence-corrected chi connectivity index (χ3v) is 4.28. The molecular formula is C22H33N7O4. The summed E-state index contributed by atoms with van der Waals surface area (Å²) in [7, 11) is 0. The van der Waals surface area contributed by atoms with Crippen molar-refractivity contribution >= 4 is 29.1 Å². The van der Waals surface area contributed by atoms with Gasteiger partial charge in [0, 0.05) is 30.8 Å². The molecule has 2 heterocycles. The number of rotatable bonds is 3. The lowest BCUT2D eigenvalue weighted by molar-refractivity contribution is -0.384. The number of anilines is 2. The Kier molecular flexibility index (Phi) is 10.2. The van der Waals surface area contributed by atoms with Crippen molar-refractivity contribution in [3.05, 3.63) is 51.8 Å². The highest BCUT2D eigenvalue weighted by molar-refractivity contribution is 6.15. The number of non-ortho nitro benzene ring substituents is 1. The lowest BCUT2D eigenvalue weighted by atomic mass is 10.0. The number of nitro groups is 1. The van der Waals surface area contributed by atoms with E-state index in [0.29, 0.717) is 5.56 Å². The van der Waals surface area contributed by atoms with Gasteiger partial charge >= 0.3 is 6.09 Å². The molecule has 0 radical (unpaired) electrons. The van der Waals surface area contributed by atoms with E-state index in [4.69, 9.17) is 21.6 Å². The lowest BCUT2D eigenvalue weighted by Crippen LogP contribution is -2.34. The maximum atomic E-state index is 11.4. The normalized spacial score (nSPS) is 12.6. The quantitative estimate of drug-likeness (QED) is 0.350. The van der Waals surface area contributed by atoms with Crippen LogP contribution in [-0.4, -0.2) is 50.3 Å². The molecule has 0 bridgehead atoms. The van der Waals surface area contributed by atoms with E-state index >= 15 is 0 Å². The van der Waals surface area contributed by atoms with Gasteiger partial charge in [0.2, 0.25) is 0 Å². The van der Waals surface area contributed by atoms with Gasteiger partial charge in [-0.3, -0.25) is 15.5 Å². The molecule has 0 saturated carbocycles. The van der Waals surface area contributed by atoms with E-state index in [-0.39, 0.29) is 40.3 Å². The van der Waals surface area contributed by atoms with Crippen molar-refractivity contribution in [3.63, 3.8) is 0 Å². The third-order valence-electron chi connectivity index (χ3n) is 4.28. The van der Waals surface area contributed by atoms with Crippen LogP contribution in [0.4, 0.5) is 22.1 Å². The number of nitrogens with two attached hydrogens (primary N) is 2. The number of nitro benzene ring substituents is 1. The van der Waals surface area contributed by atoms with Gasteiger partial charge < -0.3 is 21.1 Å². The smallest absolute Gasteiger partial charge is 0.410 e. The number of nitrogens with zero attached hydrogens (tertiary/aromatic N) is 4. The minimum absolute atomic E-state index is 0.0190. The first-order valence-corrected chi connectivity index (χ1v) is 10.7. The number of hydrogen-bond donors (Lipinski definition) is 3. The summed E-state index contributed by atoms with van der Waals surface area (Å²) in [6, 6.07) is 5.51. The van der Waals surface area contributed by atoms with E-state index < -0.39 is 4.92 Å². The topological polar surface area (TPSA) is 174 Å². The van der Waals surface area contributed by atoms with Gasteiger partial charge in [-0.1, -0.05) is 13.8 Å². The Morgan fingerprint density at radius 1 is 1.09 bits per heavy atom. The van der Waals surface area contributed by atoms with Gasteiger partial charge in [-0.15, -0.1) is 0 Å². The van der Waals surface area contributed by atoms with Gasteiger partial charge in [0.1, 0.15) is 23.6 Å². The number of carbonyl (C=O) groups is 1.